The van der Waals surface area contributed by atoms with Crippen LogP contribution < -0.4 is 5.32 Å². The van der Waals surface area contributed by atoms with Gasteiger partial charge in [0, 0.05) is 31.4 Å². The van der Waals surface area contributed by atoms with Crippen LogP contribution in [0.1, 0.15) is 19.8 Å². The van der Waals surface area contributed by atoms with Crippen molar-refractivity contribution in [3.63, 3.8) is 0 Å². The van der Waals surface area contributed by atoms with Crippen LogP contribution in [0, 0.1) is 0 Å². The predicted molar refractivity (Wildman–Crippen MR) is 58.4 cm³/mol. The average Bonchev–Trinajstić information content (AvgIpc) is 2.70. The molecule has 4 heteroatoms. The van der Waals surface area contributed by atoms with Gasteiger partial charge in [-0.15, -0.1) is 0 Å². The molecule has 0 radical (unpaired) electrons. The fraction of sp³-hybridized carbons (Fsp3) is 0.545. The Morgan fingerprint density at radius 1 is 1.47 bits per heavy atom. The van der Waals surface area contributed by atoms with Gasteiger partial charge in [0.1, 0.15) is 0 Å². The van der Waals surface area contributed by atoms with Crippen molar-refractivity contribution < 1.29 is 9.90 Å². The van der Waals surface area contributed by atoms with E-state index in [4.69, 9.17) is 5.11 Å². The molecule has 0 aliphatic carbocycles. The fourth-order valence-corrected chi connectivity index (χ4v) is 1.33. The number of rotatable bonds is 6. The summed E-state index contributed by atoms with van der Waals surface area (Å²) in [4.78, 5) is 11.3. The molecule has 0 saturated carbocycles. The maximum absolute atomic E-state index is 11.3. The van der Waals surface area contributed by atoms with E-state index in [0.717, 1.165) is 13.0 Å². The molecular formula is C11H18N2O2. The van der Waals surface area contributed by atoms with Gasteiger partial charge in [0.05, 0.1) is 6.61 Å². The van der Waals surface area contributed by atoms with Crippen molar-refractivity contribution in [2.24, 2.45) is 0 Å². The van der Waals surface area contributed by atoms with Gasteiger partial charge in [-0.25, -0.2) is 0 Å². The van der Waals surface area contributed by atoms with E-state index in [-0.39, 0.29) is 18.6 Å². The Balaban J connectivity index is 2.12. The number of aryl methyl sites for hydroxylation is 1. The normalized spacial score (nSPS) is 12.4. The Bertz CT molecular complexity index is 283. The SMILES string of the molecule is CC(CO)NC(=O)CCCn1cccc1. The van der Waals surface area contributed by atoms with Crippen molar-refractivity contribution in [3.05, 3.63) is 24.5 Å². The van der Waals surface area contributed by atoms with E-state index >= 15 is 0 Å². The maximum atomic E-state index is 11.3. The van der Waals surface area contributed by atoms with Gasteiger partial charge >= 0.3 is 0 Å². The molecule has 1 aromatic heterocycles. The summed E-state index contributed by atoms with van der Waals surface area (Å²) >= 11 is 0. The lowest BCUT2D eigenvalue weighted by atomic mass is 10.2. The summed E-state index contributed by atoms with van der Waals surface area (Å²) in [5, 5.41) is 11.5. The quantitative estimate of drug-likeness (QED) is 0.728. The van der Waals surface area contributed by atoms with Crippen LogP contribution in [-0.2, 0) is 11.3 Å². The number of aromatic nitrogens is 1. The Morgan fingerprint density at radius 2 is 2.13 bits per heavy atom. The third-order valence-electron chi connectivity index (χ3n) is 2.17. The van der Waals surface area contributed by atoms with Gasteiger partial charge in [0.2, 0.25) is 5.91 Å². The summed E-state index contributed by atoms with van der Waals surface area (Å²) < 4.78 is 2.04. The van der Waals surface area contributed by atoms with E-state index in [1.165, 1.54) is 0 Å². The van der Waals surface area contributed by atoms with E-state index in [0.29, 0.717) is 6.42 Å². The largest absolute Gasteiger partial charge is 0.394 e. The number of amides is 1. The molecule has 2 N–H and O–H groups in total. The predicted octanol–water partition coefficient (Wildman–Crippen LogP) is 0.765. The van der Waals surface area contributed by atoms with Crippen LogP contribution in [-0.4, -0.2) is 28.2 Å². The molecule has 1 amide bonds. The maximum Gasteiger partial charge on any atom is 0.220 e. The highest BCUT2D eigenvalue weighted by Gasteiger charge is 2.05. The monoisotopic (exact) mass is 210 g/mol. The number of aliphatic hydroxyl groups is 1. The Hall–Kier alpha value is -1.29. The van der Waals surface area contributed by atoms with Crippen LogP contribution in [0.3, 0.4) is 0 Å². The average molecular weight is 210 g/mol. The molecule has 1 unspecified atom stereocenters. The van der Waals surface area contributed by atoms with Crippen LogP contribution in [0.2, 0.25) is 0 Å². The van der Waals surface area contributed by atoms with Crippen molar-refractivity contribution in [1.82, 2.24) is 9.88 Å². The van der Waals surface area contributed by atoms with Gasteiger partial charge < -0.3 is 15.0 Å². The number of carbonyl (C=O) groups is 1. The van der Waals surface area contributed by atoms with Gasteiger partial charge in [-0.05, 0) is 25.5 Å². The number of hydrogen-bond donors (Lipinski definition) is 2. The van der Waals surface area contributed by atoms with E-state index in [1.54, 1.807) is 6.92 Å². The first-order valence-corrected chi connectivity index (χ1v) is 5.23. The highest BCUT2D eigenvalue weighted by Crippen LogP contribution is 1.97. The summed E-state index contributed by atoms with van der Waals surface area (Å²) in [6, 6.07) is 3.78. The molecule has 15 heavy (non-hydrogen) atoms. The molecule has 0 saturated heterocycles. The van der Waals surface area contributed by atoms with E-state index in [2.05, 4.69) is 5.32 Å². The summed E-state index contributed by atoms with van der Waals surface area (Å²) in [6.45, 7) is 2.63. The third-order valence-corrected chi connectivity index (χ3v) is 2.17. The molecule has 0 fully saturated rings. The topological polar surface area (TPSA) is 54.3 Å². The van der Waals surface area contributed by atoms with Crippen LogP contribution in [0.4, 0.5) is 0 Å². The summed E-state index contributed by atoms with van der Waals surface area (Å²) in [5.41, 5.74) is 0. The van der Waals surface area contributed by atoms with Crippen molar-refractivity contribution >= 4 is 5.91 Å². The molecule has 0 aliphatic rings. The van der Waals surface area contributed by atoms with Crippen molar-refractivity contribution in [1.29, 1.82) is 0 Å². The first-order chi connectivity index (χ1) is 7.22. The Morgan fingerprint density at radius 3 is 2.73 bits per heavy atom. The second kappa shape index (κ2) is 6.24. The lowest BCUT2D eigenvalue weighted by Crippen LogP contribution is -2.34. The summed E-state index contributed by atoms with van der Waals surface area (Å²) in [5.74, 6) is 0.00343. The molecule has 1 rings (SSSR count). The Labute approximate surface area is 89.9 Å². The van der Waals surface area contributed by atoms with Crippen molar-refractivity contribution in [2.45, 2.75) is 32.4 Å². The van der Waals surface area contributed by atoms with Gasteiger partial charge in [0.25, 0.3) is 0 Å². The highest BCUT2D eigenvalue weighted by atomic mass is 16.3. The first-order valence-electron chi connectivity index (χ1n) is 5.23. The van der Waals surface area contributed by atoms with E-state index < -0.39 is 0 Å². The molecule has 4 nitrogen and oxygen atoms in total. The molecule has 1 heterocycles. The second-order valence-corrected chi connectivity index (χ2v) is 3.68. The number of carbonyl (C=O) groups excluding carboxylic acids is 1. The zero-order chi connectivity index (χ0) is 11.1. The smallest absolute Gasteiger partial charge is 0.220 e. The fourth-order valence-electron chi connectivity index (χ4n) is 1.33. The van der Waals surface area contributed by atoms with Gasteiger partial charge in [-0.1, -0.05) is 0 Å². The molecule has 1 atom stereocenters. The standard InChI is InChI=1S/C11H18N2O2/c1-10(9-14)12-11(15)5-4-8-13-6-2-3-7-13/h2-3,6-7,10,14H,4-5,8-9H2,1H3,(H,12,15). The van der Waals surface area contributed by atoms with E-state index in [1.807, 2.05) is 29.1 Å². The van der Waals surface area contributed by atoms with Crippen LogP contribution in [0.5, 0.6) is 0 Å². The van der Waals surface area contributed by atoms with Crippen molar-refractivity contribution in [2.75, 3.05) is 6.61 Å². The minimum absolute atomic E-state index is 0.00343. The number of aliphatic hydroxyl groups excluding tert-OH is 1. The molecule has 0 spiro atoms. The Kier molecular flexibility index (Phi) is 4.90. The lowest BCUT2D eigenvalue weighted by Gasteiger charge is -2.10. The lowest BCUT2D eigenvalue weighted by molar-refractivity contribution is -0.122. The molecule has 1 aromatic rings. The highest BCUT2D eigenvalue weighted by molar-refractivity contribution is 5.76. The minimum atomic E-state index is -0.149. The zero-order valence-electron chi connectivity index (χ0n) is 9.02. The van der Waals surface area contributed by atoms with Crippen LogP contribution >= 0.6 is 0 Å². The molecule has 0 aliphatic heterocycles. The number of hydrogen-bond acceptors (Lipinski definition) is 2. The summed E-state index contributed by atoms with van der Waals surface area (Å²) in [6.07, 6.45) is 5.28. The number of nitrogens with zero attached hydrogens (tertiary/aromatic N) is 1. The van der Waals surface area contributed by atoms with Gasteiger partial charge in [0.15, 0.2) is 0 Å². The minimum Gasteiger partial charge on any atom is -0.394 e. The summed E-state index contributed by atoms with van der Waals surface area (Å²) in [7, 11) is 0. The second-order valence-electron chi connectivity index (χ2n) is 3.68. The number of nitrogens with one attached hydrogen (secondary N) is 1. The molecule has 0 aromatic carbocycles. The van der Waals surface area contributed by atoms with E-state index in [9.17, 15) is 4.79 Å². The first kappa shape index (κ1) is 11.8. The molecular weight excluding hydrogens is 192 g/mol. The van der Waals surface area contributed by atoms with Gasteiger partial charge in [-0.2, -0.15) is 0 Å². The third kappa shape index (κ3) is 4.65. The molecule has 0 bridgehead atoms. The van der Waals surface area contributed by atoms with Gasteiger partial charge in [-0.3, -0.25) is 4.79 Å². The van der Waals surface area contributed by atoms with Crippen molar-refractivity contribution in [3.8, 4) is 0 Å². The van der Waals surface area contributed by atoms with Crippen LogP contribution in [0.15, 0.2) is 24.5 Å². The molecule has 84 valence electrons. The zero-order valence-corrected chi connectivity index (χ0v) is 9.02. The van der Waals surface area contributed by atoms with Crippen LogP contribution in [0.25, 0.3) is 0 Å².